The van der Waals surface area contributed by atoms with Crippen LogP contribution in [-0.4, -0.2) is 6.03 Å². The molecule has 106 valence electrons. The zero-order chi connectivity index (χ0) is 15.2. The van der Waals surface area contributed by atoms with E-state index in [-0.39, 0.29) is 0 Å². The first kappa shape index (κ1) is 15.2. The number of anilines is 2. The van der Waals surface area contributed by atoms with Crippen LogP contribution >= 0.6 is 23.2 Å². The van der Waals surface area contributed by atoms with Gasteiger partial charge in [0.05, 0.1) is 12.5 Å². The largest absolute Gasteiger partial charge is 0.323 e. The van der Waals surface area contributed by atoms with E-state index in [0.717, 1.165) is 5.56 Å². The number of benzene rings is 2. The van der Waals surface area contributed by atoms with Crippen molar-refractivity contribution in [1.82, 2.24) is 0 Å². The number of urea groups is 1. The third-order valence-corrected chi connectivity index (χ3v) is 3.05. The average Bonchev–Trinajstić information content (AvgIpc) is 2.40. The second kappa shape index (κ2) is 6.98. The molecular formula is C15H11Cl2N3O. The molecule has 0 aliphatic rings. The van der Waals surface area contributed by atoms with Gasteiger partial charge in [-0.05, 0) is 35.9 Å². The summed E-state index contributed by atoms with van der Waals surface area (Å²) < 4.78 is 0. The number of amides is 2. The van der Waals surface area contributed by atoms with E-state index in [1.54, 1.807) is 42.5 Å². The standard InChI is InChI=1S/C15H11Cl2N3O/c16-11-7-12(17)9-14(8-11)20-15(21)19-13-3-1-10(2-4-13)5-6-18/h1-4,7-9H,5H2,(H2,19,20,21). The molecule has 0 atom stereocenters. The molecule has 2 aromatic rings. The number of hydrogen-bond donors (Lipinski definition) is 2. The molecule has 0 unspecified atom stereocenters. The van der Waals surface area contributed by atoms with Gasteiger partial charge in [0.25, 0.3) is 0 Å². The summed E-state index contributed by atoms with van der Waals surface area (Å²) in [6.07, 6.45) is 0.341. The van der Waals surface area contributed by atoms with Gasteiger partial charge in [0.15, 0.2) is 0 Å². The Hall–Kier alpha value is -2.22. The van der Waals surface area contributed by atoms with Crippen molar-refractivity contribution in [1.29, 1.82) is 5.26 Å². The average molecular weight is 320 g/mol. The fraction of sp³-hybridized carbons (Fsp3) is 0.0667. The van der Waals surface area contributed by atoms with Crippen molar-refractivity contribution >= 4 is 40.6 Å². The highest BCUT2D eigenvalue weighted by Crippen LogP contribution is 2.22. The van der Waals surface area contributed by atoms with Crippen LogP contribution in [0.15, 0.2) is 42.5 Å². The molecule has 0 aliphatic heterocycles. The maximum atomic E-state index is 11.9. The van der Waals surface area contributed by atoms with Crippen LogP contribution < -0.4 is 10.6 Å². The quantitative estimate of drug-likeness (QED) is 0.860. The van der Waals surface area contributed by atoms with Crippen LogP contribution in [0.5, 0.6) is 0 Å². The van der Waals surface area contributed by atoms with Gasteiger partial charge in [0.1, 0.15) is 0 Å². The lowest BCUT2D eigenvalue weighted by atomic mass is 10.1. The van der Waals surface area contributed by atoms with E-state index < -0.39 is 6.03 Å². The third kappa shape index (κ3) is 4.67. The SMILES string of the molecule is N#CCc1ccc(NC(=O)Nc2cc(Cl)cc(Cl)c2)cc1. The Morgan fingerprint density at radius 2 is 1.57 bits per heavy atom. The highest BCUT2D eigenvalue weighted by atomic mass is 35.5. The number of nitriles is 1. The first-order valence-electron chi connectivity index (χ1n) is 6.07. The summed E-state index contributed by atoms with van der Waals surface area (Å²) in [4.78, 5) is 11.9. The molecule has 0 fully saturated rings. The Morgan fingerprint density at radius 3 is 2.14 bits per heavy atom. The Balaban J connectivity index is 1.99. The summed E-state index contributed by atoms with van der Waals surface area (Å²) in [6.45, 7) is 0. The smallest absolute Gasteiger partial charge is 0.308 e. The van der Waals surface area contributed by atoms with Gasteiger partial charge in [-0.3, -0.25) is 0 Å². The number of nitrogens with one attached hydrogen (secondary N) is 2. The Kier molecular flexibility index (Phi) is 5.04. The number of rotatable bonds is 3. The van der Waals surface area contributed by atoms with Crippen molar-refractivity contribution in [2.24, 2.45) is 0 Å². The van der Waals surface area contributed by atoms with Crippen molar-refractivity contribution in [2.45, 2.75) is 6.42 Å². The van der Waals surface area contributed by atoms with Crippen LogP contribution in [0.3, 0.4) is 0 Å². The van der Waals surface area contributed by atoms with Crippen LogP contribution in [0.1, 0.15) is 5.56 Å². The molecule has 2 N–H and O–H groups in total. The van der Waals surface area contributed by atoms with E-state index in [1.165, 1.54) is 0 Å². The maximum absolute atomic E-state index is 11.9. The number of nitrogens with zero attached hydrogens (tertiary/aromatic N) is 1. The van der Waals surface area contributed by atoms with E-state index >= 15 is 0 Å². The summed E-state index contributed by atoms with van der Waals surface area (Å²) in [5.41, 5.74) is 2.03. The Morgan fingerprint density at radius 1 is 1.00 bits per heavy atom. The van der Waals surface area contributed by atoms with Gasteiger partial charge in [0, 0.05) is 21.4 Å². The van der Waals surface area contributed by atoms with Gasteiger partial charge in [-0.1, -0.05) is 35.3 Å². The van der Waals surface area contributed by atoms with Crippen molar-refractivity contribution in [3.8, 4) is 6.07 Å². The van der Waals surface area contributed by atoms with Crippen LogP contribution in [-0.2, 0) is 6.42 Å². The van der Waals surface area contributed by atoms with Gasteiger partial charge in [-0.25, -0.2) is 4.79 Å². The van der Waals surface area contributed by atoms with Crippen molar-refractivity contribution in [3.05, 3.63) is 58.1 Å². The van der Waals surface area contributed by atoms with Gasteiger partial charge in [-0.2, -0.15) is 5.26 Å². The Bertz CT molecular complexity index is 673. The summed E-state index contributed by atoms with van der Waals surface area (Å²) in [5, 5.41) is 14.8. The molecule has 0 aromatic heterocycles. The van der Waals surface area contributed by atoms with E-state index in [2.05, 4.69) is 16.7 Å². The second-order valence-electron chi connectivity index (χ2n) is 4.27. The number of halogens is 2. The summed E-state index contributed by atoms with van der Waals surface area (Å²) in [6, 6.07) is 13.5. The van der Waals surface area contributed by atoms with E-state index in [1.807, 2.05) is 0 Å². The van der Waals surface area contributed by atoms with E-state index in [9.17, 15) is 4.79 Å². The van der Waals surface area contributed by atoms with Gasteiger partial charge >= 0.3 is 6.03 Å². The van der Waals surface area contributed by atoms with Gasteiger partial charge in [0.2, 0.25) is 0 Å². The van der Waals surface area contributed by atoms with Crippen molar-refractivity contribution in [3.63, 3.8) is 0 Å². The molecule has 0 bridgehead atoms. The van der Waals surface area contributed by atoms with Crippen molar-refractivity contribution < 1.29 is 4.79 Å². The fourth-order valence-electron chi connectivity index (χ4n) is 1.72. The van der Waals surface area contributed by atoms with Gasteiger partial charge in [-0.15, -0.1) is 0 Å². The topological polar surface area (TPSA) is 64.9 Å². The fourth-order valence-corrected chi connectivity index (χ4v) is 2.24. The summed E-state index contributed by atoms with van der Waals surface area (Å²) in [7, 11) is 0. The van der Waals surface area contributed by atoms with E-state index in [4.69, 9.17) is 28.5 Å². The lowest BCUT2D eigenvalue weighted by Gasteiger charge is -2.08. The normalized spacial score (nSPS) is 9.76. The molecule has 6 heteroatoms. The van der Waals surface area contributed by atoms with Crippen LogP contribution in [0.4, 0.5) is 16.2 Å². The number of carbonyl (C=O) groups excluding carboxylic acids is 1. The predicted octanol–water partition coefficient (Wildman–Crippen LogP) is 4.70. The minimum Gasteiger partial charge on any atom is -0.308 e. The molecule has 0 spiro atoms. The monoisotopic (exact) mass is 319 g/mol. The number of carbonyl (C=O) groups is 1. The van der Waals surface area contributed by atoms with Gasteiger partial charge < -0.3 is 10.6 Å². The second-order valence-corrected chi connectivity index (χ2v) is 5.14. The van der Waals surface area contributed by atoms with Crippen molar-refractivity contribution in [2.75, 3.05) is 10.6 Å². The van der Waals surface area contributed by atoms with E-state index in [0.29, 0.717) is 27.8 Å². The minimum atomic E-state index is -0.402. The number of hydrogen-bond acceptors (Lipinski definition) is 2. The molecule has 0 radical (unpaired) electrons. The van der Waals surface area contributed by atoms with Crippen LogP contribution in [0, 0.1) is 11.3 Å². The summed E-state index contributed by atoms with van der Waals surface area (Å²) >= 11 is 11.7. The maximum Gasteiger partial charge on any atom is 0.323 e. The predicted molar refractivity (Wildman–Crippen MR) is 84.9 cm³/mol. The molecule has 0 saturated carbocycles. The Labute approximate surface area is 132 Å². The zero-order valence-corrected chi connectivity index (χ0v) is 12.4. The lowest BCUT2D eigenvalue weighted by Crippen LogP contribution is -2.19. The molecule has 0 aliphatic carbocycles. The first-order valence-corrected chi connectivity index (χ1v) is 6.82. The molecule has 2 amide bonds. The zero-order valence-electron chi connectivity index (χ0n) is 10.9. The molecule has 21 heavy (non-hydrogen) atoms. The molecule has 0 saturated heterocycles. The molecule has 4 nitrogen and oxygen atoms in total. The first-order chi connectivity index (χ1) is 10.1. The lowest BCUT2D eigenvalue weighted by molar-refractivity contribution is 0.262. The molecule has 0 heterocycles. The molecule has 2 aromatic carbocycles. The van der Waals surface area contributed by atoms with Crippen LogP contribution in [0.25, 0.3) is 0 Å². The molecular weight excluding hydrogens is 309 g/mol. The van der Waals surface area contributed by atoms with Crippen LogP contribution in [0.2, 0.25) is 10.0 Å². The molecule has 2 rings (SSSR count). The minimum absolute atomic E-state index is 0.341. The highest BCUT2D eigenvalue weighted by Gasteiger charge is 2.04. The third-order valence-electron chi connectivity index (χ3n) is 2.62. The summed E-state index contributed by atoms with van der Waals surface area (Å²) in [5.74, 6) is 0. The highest BCUT2D eigenvalue weighted by molar-refractivity contribution is 6.35.